The van der Waals surface area contributed by atoms with E-state index >= 15 is 0 Å². The Labute approximate surface area is 187 Å². The van der Waals surface area contributed by atoms with Crippen molar-refractivity contribution in [1.82, 2.24) is 15.6 Å². The van der Waals surface area contributed by atoms with Gasteiger partial charge in [-0.15, -0.1) is 24.0 Å². The average molecular weight is 545 g/mol. The van der Waals surface area contributed by atoms with Crippen LogP contribution in [0.1, 0.15) is 11.1 Å². The summed E-state index contributed by atoms with van der Waals surface area (Å²) in [4.78, 5) is 7.69. The lowest BCUT2D eigenvalue weighted by molar-refractivity contribution is -0.137. The van der Waals surface area contributed by atoms with E-state index in [1.807, 2.05) is 0 Å². The summed E-state index contributed by atoms with van der Waals surface area (Å²) in [6.07, 6.45) is -3.24. The van der Waals surface area contributed by atoms with Gasteiger partial charge >= 0.3 is 12.8 Å². The molecule has 0 amide bonds. The Morgan fingerprint density at radius 2 is 1.83 bits per heavy atom. The molecule has 0 saturated carbocycles. The van der Waals surface area contributed by atoms with E-state index in [1.165, 1.54) is 25.4 Å². The van der Waals surface area contributed by atoms with Crippen LogP contribution < -0.4 is 20.7 Å². The molecule has 0 spiro atoms. The third-order valence-corrected chi connectivity index (χ3v) is 3.68. The molecule has 2 rings (SSSR count). The molecule has 0 radical (unpaired) electrons. The van der Waals surface area contributed by atoms with Crippen LogP contribution in [0, 0.1) is 0 Å². The van der Waals surface area contributed by atoms with Gasteiger partial charge in [0.1, 0.15) is 11.6 Å². The van der Waals surface area contributed by atoms with E-state index < -0.39 is 18.4 Å². The second-order valence-corrected chi connectivity index (χ2v) is 5.66. The maximum atomic E-state index is 12.9. The Morgan fingerprint density at radius 3 is 2.50 bits per heavy atom. The van der Waals surface area contributed by atoms with Crippen molar-refractivity contribution < 1.29 is 26.7 Å². The molecule has 1 aromatic carbocycles. The van der Waals surface area contributed by atoms with Crippen LogP contribution in [0.5, 0.6) is 5.75 Å². The van der Waals surface area contributed by atoms with Gasteiger partial charge in [0.25, 0.3) is 0 Å². The molecule has 0 fully saturated rings. The van der Waals surface area contributed by atoms with Crippen LogP contribution in [0.2, 0.25) is 0 Å². The first kappa shape index (κ1) is 25.7. The summed E-state index contributed by atoms with van der Waals surface area (Å²) in [7, 11) is 1.50. The number of rotatable bonds is 8. The zero-order chi connectivity index (χ0) is 21.3. The summed E-state index contributed by atoms with van der Waals surface area (Å²) in [5, 5.41) is 8.46. The topological polar surface area (TPSA) is 70.6 Å². The minimum absolute atomic E-state index is 0. The third-order valence-electron chi connectivity index (χ3n) is 3.68. The summed E-state index contributed by atoms with van der Waals surface area (Å²) in [6, 6.07) is 8.47. The fourth-order valence-electron chi connectivity index (χ4n) is 2.40. The molecule has 2 aromatic rings. The van der Waals surface area contributed by atoms with Crippen LogP contribution in [-0.2, 0) is 12.7 Å². The van der Waals surface area contributed by atoms with Gasteiger partial charge in [-0.1, -0.05) is 18.2 Å². The van der Waals surface area contributed by atoms with Crippen molar-refractivity contribution in [2.45, 2.75) is 19.3 Å². The van der Waals surface area contributed by atoms with E-state index in [2.05, 4.69) is 30.7 Å². The molecule has 1 heterocycles. The Kier molecular flexibility index (Phi) is 10.6. The first-order chi connectivity index (χ1) is 13.8. The summed E-state index contributed by atoms with van der Waals surface area (Å²) in [6.45, 7) is -2.39. The zero-order valence-electron chi connectivity index (χ0n) is 15.8. The van der Waals surface area contributed by atoms with Gasteiger partial charge in [0, 0.05) is 38.4 Å². The summed E-state index contributed by atoms with van der Waals surface area (Å²) < 4.78 is 68.2. The van der Waals surface area contributed by atoms with E-state index in [1.54, 1.807) is 18.2 Å². The molecule has 3 N–H and O–H groups in total. The SMILES string of the molecule is CN=C(NCCNc1ncccc1C(F)(F)F)NCc1ccccc1OC(F)F.I. The molecule has 0 aliphatic heterocycles. The molecule has 6 nitrogen and oxygen atoms in total. The number of alkyl halides is 5. The van der Waals surface area contributed by atoms with Gasteiger partial charge in [0.05, 0.1) is 5.56 Å². The largest absolute Gasteiger partial charge is 0.434 e. The van der Waals surface area contributed by atoms with E-state index in [4.69, 9.17) is 0 Å². The average Bonchev–Trinajstić information content (AvgIpc) is 2.67. The van der Waals surface area contributed by atoms with Crippen LogP contribution in [-0.4, -0.2) is 37.7 Å². The van der Waals surface area contributed by atoms with Crippen LogP contribution in [0.4, 0.5) is 27.8 Å². The number of anilines is 1. The number of aromatic nitrogens is 1. The van der Waals surface area contributed by atoms with Gasteiger partial charge in [-0.05, 0) is 18.2 Å². The molecule has 0 unspecified atom stereocenters. The highest BCUT2D eigenvalue weighted by atomic mass is 127. The second-order valence-electron chi connectivity index (χ2n) is 5.66. The highest BCUT2D eigenvalue weighted by Gasteiger charge is 2.33. The minimum atomic E-state index is -4.50. The number of nitrogens with one attached hydrogen (secondary N) is 3. The van der Waals surface area contributed by atoms with Crippen molar-refractivity contribution in [2.24, 2.45) is 4.99 Å². The molecule has 166 valence electrons. The molecule has 0 bridgehead atoms. The van der Waals surface area contributed by atoms with Crippen LogP contribution in [0.3, 0.4) is 0 Å². The number of hydrogen-bond acceptors (Lipinski definition) is 4. The zero-order valence-corrected chi connectivity index (χ0v) is 18.2. The standard InChI is InChI=1S/C18H20F5N5O.HI/c1-24-17(28-11-12-5-2-3-7-14(12)29-16(19)20)27-10-9-26-15-13(18(21,22)23)6-4-8-25-15;/h2-8,16H,9-11H2,1H3,(H,25,26)(H2,24,27,28);1H. The first-order valence-corrected chi connectivity index (χ1v) is 8.54. The van der Waals surface area contributed by atoms with Crippen molar-refractivity contribution in [2.75, 3.05) is 25.5 Å². The molecule has 0 saturated heterocycles. The maximum absolute atomic E-state index is 12.9. The molecule has 0 aliphatic carbocycles. The van der Waals surface area contributed by atoms with Crippen LogP contribution in [0.15, 0.2) is 47.6 Å². The third kappa shape index (κ3) is 8.16. The lowest BCUT2D eigenvalue weighted by Gasteiger charge is -2.16. The van der Waals surface area contributed by atoms with Gasteiger partial charge < -0.3 is 20.7 Å². The van der Waals surface area contributed by atoms with E-state index in [9.17, 15) is 22.0 Å². The number of halogens is 6. The van der Waals surface area contributed by atoms with E-state index in [-0.39, 0.29) is 55.2 Å². The summed E-state index contributed by atoms with van der Waals surface area (Å²) in [5.41, 5.74) is -0.352. The fourth-order valence-corrected chi connectivity index (χ4v) is 2.40. The number of pyridine rings is 1. The van der Waals surface area contributed by atoms with Crippen LogP contribution in [0.25, 0.3) is 0 Å². The van der Waals surface area contributed by atoms with Crippen molar-refractivity contribution >= 4 is 35.8 Å². The normalized spacial score (nSPS) is 11.6. The van der Waals surface area contributed by atoms with Crippen LogP contribution >= 0.6 is 24.0 Å². The smallest absolute Gasteiger partial charge is 0.419 e. The Morgan fingerprint density at radius 1 is 1.10 bits per heavy atom. The number of benzene rings is 1. The predicted molar refractivity (Wildman–Crippen MR) is 114 cm³/mol. The maximum Gasteiger partial charge on any atom is 0.419 e. The second kappa shape index (κ2) is 12.3. The van der Waals surface area contributed by atoms with E-state index in [0.29, 0.717) is 11.5 Å². The molecule has 12 heteroatoms. The van der Waals surface area contributed by atoms with Crippen molar-refractivity contribution in [3.8, 4) is 5.75 Å². The number of guanidine groups is 1. The van der Waals surface area contributed by atoms with Crippen molar-refractivity contribution in [3.63, 3.8) is 0 Å². The quantitative estimate of drug-likeness (QED) is 0.153. The minimum Gasteiger partial charge on any atom is -0.434 e. The lowest BCUT2D eigenvalue weighted by Crippen LogP contribution is -2.39. The number of para-hydroxylation sites is 1. The van der Waals surface area contributed by atoms with E-state index in [0.717, 1.165) is 6.07 Å². The summed E-state index contributed by atoms with van der Waals surface area (Å²) in [5.74, 6) is 0.125. The molecule has 1 aromatic heterocycles. The monoisotopic (exact) mass is 545 g/mol. The molecular weight excluding hydrogens is 524 g/mol. The molecule has 0 aliphatic rings. The highest BCUT2D eigenvalue weighted by Crippen LogP contribution is 2.33. The molecular formula is C18H21F5IN5O. The molecule has 0 atom stereocenters. The Bertz CT molecular complexity index is 820. The Balaban J connectivity index is 0.00000450. The number of aliphatic imine (C=N–C) groups is 1. The van der Waals surface area contributed by atoms with Crippen molar-refractivity contribution in [1.29, 1.82) is 0 Å². The van der Waals surface area contributed by atoms with Gasteiger partial charge in [-0.2, -0.15) is 22.0 Å². The van der Waals surface area contributed by atoms with Gasteiger partial charge in [-0.25, -0.2) is 4.98 Å². The van der Waals surface area contributed by atoms with Gasteiger partial charge in [0.2, 0.25) is 0 Å². The highest BCUT2D eigenvalue weighted by molar-refractivity contribution is 14.0. The number of hydrogen-bond donors (Lipinski definition) is 3. The number of ether oxygens (including phenoxy) is 1. The lowest BCUT2D eigenvalue weighted by atomic mass is 10.2. The summed E-state index contributed by atoms with van der Waals surface area (Å²) >= 11 is 0. The Hall–Kier alpha value is -2.38. The predicted octanol–water partition coefficient (Wildman–Crippen LogP) is 4.10. The van der Waals surface area contributed by atoms with Gasteiger partial charge in [-0.3, -0.25) is 4.99 Å². The van der Waals surface area contributed by atoms with Gasteiger partial charge in [0.15, 0.2) is 5.96 Å². The number of nitrogens with zero attached hydrogens (tertiary/aromatic N) is 2. The van der Waals surface area contributed by atoms with Crippen molar-refractivity contribution in [3.05, 3.63) is 53.7 Å². The molecule has 30 heavy (non-hydrogen) atoms. The first-order valence-electron chi connectivity index (χ1n) is 8.54. The fraction of sp³-hybridized carbons (Fsp3) is 0.333.